The Bertz CT molecular complexity index is 769. The SMILES string of the molecule is CC(NC(=O)CSc1nncs1)c1cccc2ccccc12. The van der Waals surface area contributed by atoms with E-state index in [2.05, 4.69) is 39.8 Å². The maximum absolute atomic E-state index is 12.1. The molecule has 1 aromatic heterocycles. The molecule has 0 radical (unpaired) electrons. The fourth-order valence-corrected chi connectivity index (χ4v) is 3.64. The number of hydrogen-bond acceptors (Lipinski definition) is 5. The van der Waals surface area contributed by atoms with Gasteiger partial charge in [-0.1, -0.05) is 65.6 Å². The third-order valence-corrected chi connectivity index (χ3v) is 5.19. The third-order valence-electron chi connectivity index (χ3n) is 3.33. The Morgan fingerprint density at radius 2 is 2.09 bits per heavy atom. The molecule has 6 heteroatoms. The average Bonchev–Trinajstić information content (AvgIpc) is 3.06. The van der Waals surface area contributed by atoms with Crippen molar-refractivity contribution < 1.29 is 4.79 Å². The standard InChI is InChI=1S/C16H15N3OS2/c1-11(18-15(20)9-21-16-19-17-10-22-16)13-8-4-6-12-5-2-3-7-14(12)13/h2-8,10-11H,9H2,1H3,(H,18,20). The van der Waals surface area contributed by atoms with Crippen LogP contribution in [0.25, 0.3) is 10.8 Å². The molecule has 1 amide bonds. The predicted octanol–water partition coefficient (Wildman–Crippen LogP) is 3.66. The number of carbonyl (C=O) groups excluding carboxylic acids is 1. The summed E-state index contributed by atoms with van der Waals surface area (Å²) in [5, 5.41) is 13.1. The number of rotatable bonds is 5. The molecule has 1 atom stereocenters. The number of fused-ring (bicyclic) bond motifs is 1. The lowest BCUT2D eigenvalue weighted by Gasteiger charge is -2.16. The number of carbonyl (C=O) groups is 1. The molecule has 0 aliphatic rings. The number of benzene rings is 2. The van der Waals surface area contributed by atoms with Crippen molar-refractivity contribution in [2.45, 2.75) is 17.3 Å². The fourth-order valence-electron chi connectivity index (χ4n) is 2.34. The molecule has 0 aliphatic heterocycles. The molecule has 0 bridgehead atoms. The summed E-state index contributed by atoms with van der Waals surface area (Å²) in [5.74, 6) is 0.352. The molecule has 0 saturated carbocycles. The Hall–Kier alpha value is -1.92. The second kappa shape index (κ2) is 6.89. The molecule has 0 saturated heterocycles. The highest BCUT2D eigenvalue weighted by Crippen LogP contribution is 2.24. The van der Waals surface area contributed by atoms with Gasteiger partial charge in [0, 0.05) is 0 Å². The molecular formula is C16H15N3OS2. The number of thioether (sulfide) groups is 1. The molecule has 0 spiro atoms. The van der Waals surface area contributed by atoms with E-state index in [1.54, 1.807) is 5.51 Å². The second-order valence-corrected chi connectivity index (χ2v) is 6.91. The molecule has 1 heterocycles. The Balaban J connectivity index is 1.68. The van der Waals surface area contributed by atoms with Gasteiger partial charge in [-0.25, -0.2) is 0 Å². The minimum absolute atomic E-state index is 0.000587. The first-order valence-corrected chi connectivity index (χ1v) is 8.76. The van der Waals surface area contributed by atoms with Gasteiger partial charge in [0.25, 0.3) is 0 Å². The molecular weight excluding hydrogens is 314 g/mol. The van der Waals surface area contributed by atoms with Gasteiger partial charge in [-0.05, 0) is 23.3 Å². The fraction of sp³-hybridized carbons (Fsp3) is 0.188. The summed E-state index contributed by atoms with van der Waals surface area (Å²) < 4.78 is 0.813. The minimum atomic E-state index is -0.0337. The van der Waals surface area contributed by atoms with Crippen LogP contribution in [0, 0.1) is 0 Å². The third kappa shape index (κ3) is 3.45. The van der Waals surface area contributed by atoms with Crippen LogP contribution in [0.2, 0.25) is 0 Å². The summed E-state index contributed by atoms with van der Waals surface area (Å²) >= 11 is 2.85. The zero-order valence-corrected chi connectivity index (χ0v) is 13.7. The van der Waals surface area contributed by atoms with Gasteiger partial charge in [0.15, 0.2) is 4.34 Å². The summed E-state index contributed by atoms with van der Waals surface area (Å²) in [6.07, 6.45) is 0. The Morgan fingerprint density at radius 1 is 1.27 bits per heavy atom. The van der Waals surface area contributed by atoms with E-state index in [0.717, 1.165) is 9.90 Å². The lowest BCUT2D eigenvalue weighted by atomic mass is 10.00. The van der Waals surface area contributed by atoms with Crippen molar-refractivity contribution in [2.75, 3.05) is 5.75 Å². The topological polar surface area (TPSA) is 54.9 Å². The van der Waals surface area contributed by atoms with Gasteiger partial charge < -0.3 is 5.32 Å². The van der Waals surface area contributed by atoms with Crippen molar-refractivity contribution in [3.8, 4) is 0 Å². The normalized spacial score (nSPS) is 12.2. The van der Waals surface area contributed by atoms with Crippen molar-refractivity contribution >= 4 is 39.8 Å². The van der Waals surface area contributed by atoms with Gasteiger partial charge in [0.2, 0.25) is 5.91 Å². The van der Waals surface area contributed by atoms with Crippen molar-refractivity contribution in [1.29, 1.82) is 0 Å². The number of hydrogen-bond donors (Lipinski definition) is 1. The van der Waals surface area contributed by atoms with Gasteiger partial charge in [-0.2, -0.15) is 0 Å². The highest BCUT2D eigenvalue weighted by Gasteiger charge is 2.13. The maximum atomic E-state index is 12.1. The van der Waals surface area contributed by atoms with Crippen LogP contribution in [0.1, 0.15) is 18.5 Å². The lowest BCUT2D eigenvalue weighted by Crippen LogP contribution is -2.28. The highest BCUT2D eigenvalue weighted by atomic mass is 32.2. The zero-order chi connectivity index (χ0) is 15.4. The second-order valence-electron chi connectivity index (χ2n) is 4.85. The summed E-state index contributed by atoms with van der Waals surface area (Å²) in [6, 6.07) is 14.3. The van der Waals surface area contributed by atoms with Crippen LogP contribution in [0.3, 0.4) is 0 Å². The van der Waals surface area contributed by atoms with E-state index in [9.17, 15) is 4.79 Å². The molecule has 112 valence electrons. The largest absolute Gasteiger partial charge is 0.349 e. The van der Waals surface area contributed by atoms with Gasteiger partial charge in [-0.15, -0.1) is 10.2 Å². The van der Waals surface area contributed by atoms with Crippen LogP contribution in [0.4, 0.5) is 0 Å². The minimum Gasteiger partial charge on any atom is -0.349 e. The quantitative estimate of drug-likeness (QED) is 0.726. The smallest absolute Gasteiger partial charge is 0.230 e. The van der Waals surface area contributed by atoms with E-state index in [1.165, 1.54) is 33.9 Å². The molecule has 3 rings (SSSR count). The average molecular weight is 329 g/mol. The summed E-state index contributed by atoms with van der Waals surface area (Å²) in [6.45, 7) is 2.01. The number of nitrogens with one attached hydrogen (secondary N) is 1. The van der Waals surface area contributed by atoms with E-state index >= 15 is 0 Å². The van der Waals surface area contributed by atoms with Crippen LogP contribution < -0.4 is 5.32 Å². The molecule has 22 heavy (non-hydrogen) atoms. The zero-order valence-electron chi connectivity index (χ0n) is 12.0. The van der Waals surface area contributed by atoms with Gasteiger partial charge in [0.1, 0.15) is 5.51 Å². The Morgan fingerprint density at radius 3 is 2.91 bits per heavy atom. The van der Waals surface area contributed by atoms with E-state index in [1.807, 2.05) is 25.1 Å². The van der Waals surface area contributed by atoms with E-state index < -0.39 is 0 Å². The molecule has 1 N–H and O–H groups in total. The highest BCUT2D eigenvalue weighted by molar-refractivity contribution is 8.01. The van der Waals surface area contributed by atoms with E-state index in [0.29, 0.717) is 5.75 Å². The van der Waals surface area contributed by atoms with Crippen molar-refractivity contribution in [2.24, 2.45) is 0 Å². The monoisotopic (exact) mass is 329 g/mol. The molecule has 0 aliphatic carbocycles. The molecule has 2 aromatic carbocycles. The van der Waals surface area contributed by atoms with Crippen LogP contribution in [0.5, 0.6) is 0 Å². The number of nitrogens with zero attached hydrogens (tertiary/aromatic N) is 2. The summed E-state index contributed by atoms with van der Waals surface area (Å²) in [7, 11) is 0. The first kappa shape index (κ1) is 15.0. The Labute approximate surface area is 137 Å². The van der Waals surface area contributed by atoms with Crippen LogP contribution in [-0.2, 0) is 4.79 Å². The van der Waals surface area contributed by atoms with Gasteiger partial charge in [0.05, 0.1) is 11.8 Å². The number of aromatic nitrogens is 2. The first-order chi connectivity index (χ1) is 10.7. The summed E-state index contributed by atoms with van der Waals surface area (Å²) in [5.41, 5.74) is 2.80. The van der Waals surface area contributed by atoms with Gasteiger partial charge in [-0.3, -0.25) is 4.79 Å². The van der Waals surface area contributed by atoms with Crippen molar-refractivity contribution in [1.82, 2.24) is 15.5 Å². The predicted molar refractivity (Wildman–Crippen MR) is 91.1 cm³/mol. The van der Waals surface area contributed by atoms with Gasteiger partial charge >= 0.3 is 0 Å². The van der Waals surface area contributed by atoms with E-state index in [4.69, 9.17) is 0 Å². The Kier molecular flexibility index (Phi) is 4.70. The first-order valence-electron chi connectivity index (χ1n) is 6.90. The maximum Gasteiger partial charge on any atom is 0.230 e. The molecule has 3 aromatic rings. The number of amides is 1. The van der Waals surface area contributed by atoms with Crippen LogP contribution in [-0.4, -0.2) is 21.9 Å². The molecule has 1 unspecified atom stereocenters. The molecule has 4 nitrogen and oxygen atoms in total. The van der Waals surface area contributed by atoms with Crippen molar-refractivity contribution in [3.63, 3.8) is 0 Å². The van der Waals surface area contributed by atoms with Crippen molar-refractivity contribution in [3.05, 3.63) is 53.5 Å². The lowest BCUT2D eigenvalue weighted by molar-refractivity contribution is -0.119. The summed E-state index contributed by atoms with van der Waals surface area (Å²) in [4.78, 5) is 12.1. The van der Waals surface area contributed by atoms with Crippen LogP contribution >= 0.6 is 23.1 Å². The van der Waals surface area contributed by atoms with E-state index in [-0.39, 0.29) is 11.9 Å². The van der Waals surface area contributed by atoms with Crippen LogP contribution in [0.15, 0.2) is 52.3 Å². The molecule has 0 fully saturated rings.